The molecular weight excluding hydrogens is 222 g/mol. The third-order valence-corrected chi connectivity index (χ3v) is 3.06. The summed E-state index contributed by atoms with van der Waals surface area (Å²) in [7, 11) is 0. The lowest BCUT2D eigenvalue weighted by molar-refractivity contribution is -0.131. The van der Waals surface area contributed by atoms with Gasteiger partial charge in [-0.25, -0.2) is 0 Å². The van der Waals surface area contributed by atoms with Crippen LogP contribution in [0.4, 0.5) is 0 Å². The molecule has 0 spiro atoms. The molecule has 0 aliphatic rings. The highest BCUT2D eigenvalue weighted by molar-refractivity contribution is 7.71. The third kappa shape index (κ3) is 2.72. The number of aromatic amines is 1. The van der Waals surface area contributed by atoms with Crippen LogP contribution in [0.25, 0.3) is 0 Å². The maximum Gasteiger partial charge on any atom is 0.242 e. The summed E-state index contributed by atoms with van der Waals surface area (Å²) in [5.74, 6) is 0.121. The summed E-state index contributed by atoms with van der Waals surface area (Å²) in [5.41, 5.74) is 1.07. The van der Waals surface area contributed by atoms with Crippen molar-refractivity contribution < 1.29 is 4.79 Å². The van der Waals surface area contributed by atoms with E-state index in [1.165, 1.54) is 0 Å². The summed E-state index contributed by atoms with van der Waals surface area (Å²) < 4.78 is 2.49. The molecule has 0 radical (unpaired) electrons. The highest BCUT2D eigenvalue weighted by atomic mass is 32.1. The molecule has 16 heavy (non-hydrogen) atoms. The van der Waals surface area contributed by atoms with E-state index in [9.17, 15) is 4.79 Å². The van der Waals surface area contributed by atoms with E-state index in [2.05, 4.69) is 11.9 Å². The monoisotopic (exact) mass is 241 g/mol. The molecule has 1 aromatic rings. The van der Waals surface area contributed by atoms with Gasteiger partial charge in [-0.15, -0.1) is 0 Å². The first-order valence-corrected chi connectivity index (χ1v) is 6.09. The van der Waals surface area contributed by atoms with Gasteiger partial charge in [0.1, 0.15) is 6.54 Å². The number of rotatable bonds is 5. The predicted molar refractivity (Wildman–Crippen MR) is 66.9 cm³/mol. The van der Waals surface area contributed by atoms with Gasteiger partial charge in [-0.3, -0.25) is 4.79 Å². The molecule has 1 rings (SSSR count). The average Bonchev–Trinajstić information content (AvgIpc) is 2.62. The number of carbonyl (C=O) groups is 1. The Kier molecular flexibility index (Phi) is 4.73. The zero-order valence-corrected chi connectivity index (χ0v) is 10.9. The smallest absolute Gasteiger partial charge is 0.242 e. The summed E-state index contributed by atoms with van der Waals surface area (Å²) in [4.78, 5) is 16.7. The first-order chi connectivity index (χ1) is 7.63. The zero-order valence-electron chi connectivity index (χ0n) is 10.1. The second-order valence-electron chi connectivity index (χ2n) is 3.59. The summed E-state index contributed by atoms with van der Waals surface area (Å²) in [6, 6.07) is 0. The number of aryl methyl sites for hydroxylation is 1. The van der Waals surface area contributed by atoms with Crippen molar-refractivity contribution in [2.75, 3.05) is 13.1 Å². The molecule has 0 aromatic carbocycles. The van der Waals surface area contributed by atoms with Crippen LogP contribution in [0.2, 0.25) is 0 Å². The van der Waals surface area contributed by atoms with E-state index in [-0.39, 0.29) is 5.91 Å². The van der Waals surface area contributed by atoms with Crippen LogP contribution in [-0.2, 0) is 17.8 Å². The van der Waals surface area contributed by atoms with E-state index in [1.807, 2.05) is 29.5 Å². The van der Waals surface area contributed by atoms with Crippen molar-refractivity contribution >= 4 is 18.1 Å². The molecule has 0 fully saturated rings. The summed E-state index contributed by atoms with van der Waals surface area (Å²) in [6.45, 7) is 7.85. The number of imidazole rings is 1. The largest absolute Gasteiger partial charge is 0.342 e. The first-order valence-electron chi connectivity index (χ1n) is 5.68. The molecule has 1 aromatic heterocycles. The number of hydrogen-bond donors (Lipinski definition) is 1. The topological polar surface area (TPSA) is 41.0 Å². The van der Waals surface area contributed by atoms with Gasteiger partial charge in [0.05, 0.1) is 0 Å². The van der Waals surface area contributed by atoms with Gasteiger partial charge in [-0.2, -0.15) is 0 Å². The minimum absolute atomic E-state index is 0.121. The fourth-order valence-corrected chi connectivity index (χ4v) is 1.95. The van der Waals surface area contributed by atoms with Crippen LogP contribution >= 0.6 is 12.2 Å². The van der Waals surface area contributed by atoms with Gasteiger partial charge in [0.15, 0.2) is 4.77 Å². The lowest BCUT2D eigenvalue weighted by atomic mass is 10.3. The van der Waals surface area contributed by atoms with Gasteiger partial charge in [0.2, 0.25) is 5.91 Å². The molecule has 90 valence electrons. The maximum atomic E-state index is 11.9. The molecule has 0 atom stereocenters. The molecule has 0 saturated heterocycles. The molecule has 1 heterocycles. The average molecular weight is 241 g/mol. The number of carbonyl (C=O) groups excluding carboxylic acids is 1. The fraction of sp³-hybridized carbons (Fsp3) is 0.636. The summed E-state index contributed by atoms with van der Waals surface area (Å²) in [5, 5.41) is 0. The molecule has 4 nitrogen and oxygen atoms in total. The summed E-state index contributed by atoms with van der Waals surface area (Å²) >= 11 is 5.15. The Morgan fingerprint density at radius 2 is 2.06 bits per heavy atom. The number of amides is 1. The van der Waals surface area contributed by atoms with E-state index in [0.717, 1.165) is 25.2 Å². The van der Waals surface area contributed by atoms with Crippen molar-refractivity contribution in [1.82, 2.24) is 14.5 Å². The van der Waals surface area contributed by atoms with Crippen molar-refractivity contribution in [3.63, 3.8) is 0 Å². The zero-order chi connectivity index (χ0) is 12.1. The van der Waals surface area contributed by atoms with Crippen molar-refractivity contribution in [2.45, 2.75) is 33.7 Å². The molecule has 5 heteroatoms. The Morgan fingerprint density at radius 3 is 2.56 bits per heavy atom. The van der Waals surface area contributed by atoms with E-state index >= 15 is 0 Å². The number of likely N-dealkylation sites (N-methyl/N-ethyl adjacent to an activating group) is 1. The Morgan fingerprint density at radius 1 is 1.44 bits per heavy atom. The van der Waals surface area contributed by atoms with Crippen LogP contribution in [0.5, 0.6) is 0 Å². The highest BCUT2D eigenvalue weighted by Crippen LogP contribution is 2.04. The van der Waals surface area contributed by atoms with E-state index in [1.54, 1.807) is 0 Å². The first kappa shape index (κ1) is 13.0. The molecule has 0 aliphatic carbocycles. The van der Waals surface area contributed by atoms with Crippen LogP contribution in [0.15, 0.2) is 6.20 Å². The van der Waals surface area contributed by atoms with Crippen molar-refractivity contribution in [2.24, 2.45) is 0 Å². The van der Waals surface area contributed by atoms with Crippen LogP contribution in [0.3, 0.4) is 0 Å². The number of nitrogens with zero attached hydrogens (tertiary/aromatic N) is 2. The maximum absolute atomic E-state index is 11.9. The standard InChI is InChI=1S/C11H19N3OS/c1-4-9-7-12-11(16)14(9)8-10(15)13(5-2)6-3/h7H,4-6,8H2,1-3H3,(H,12,16). The predicted octanol–water partition coefficient (Wildman–Crippen LogP) is 1.98. The van der Waals surface area contributed by atoms with Gasteiger partial charge in [-0.1, -0.05) is 6.92 Å². The van der Waals surface area contributed by atoms with Crippen molar-refractivity contribution in [1.29, 1.82) is 0 Å². The second kappa shape index (κ2) is 5.84. The minimum atomic E-state index is 0.121. The Balaban J connectivity index is 2.83. The van der Waals surface area contributed by atoms with Crippen LogP contribution in [0, 0.1) is 4.77 Å². The van der Waals surface area contributed by atoms with Gasteiger partial charge in [0.25, 0.3) is 0 Å². The molecular formula is C11H19N3OS. The molecule has 0 unspecified atom stereocenters. The van der Waals surface area contributed by atoms with Gasteiger partial charge in [0, 0.05) is 25.0 Å². The number of hydrogen-bond acceptors (Lipinski definition) is 2. The fourth-order valence-electron chi connectivity index (χ4n) is 1.71. The Labute approximate surface area is 101 Å². The molecule has 0 bridgehead atoms. The molecule has 0 aliphatic heterocycles. The van der Waals surface area contributed by atoms with Crippen LogP contribution < -0.4 is 0 Å². The minimum Gasteiger partial charge on any atom is -0.342 e. The Hall–Kier alpha value is -1.10. The van der Waals surface area contributed by atoms with E-state index < -0.39 is 0 Å². The number of nitrogens with one attached hydrogen (secondary N) is 1. The lowest BCUT2D eigenvalue weighted by Gasteiger charge is -2.19. The number of H-pyrrole nitrogens is 1. The van der Waals surface area contributed by atoms with E-state index in [4.69, 9.17) is 12.2 Å². The number of aromatic nitrogens is 2. The molecule has 1 amide bonds. The Bertz CT molecular complexity index is 404. The molecule has 0 saturated carbocycles. The van der Waals surface area contributed by atoms with Crippen LogP contribution in [-0.4, -0.2) is 33.4 Å². The normalized spacial score (nSPS) is 10.4. The summed E-state index contributed by atoms with van der Waals surface area (Å²) in [6.07, 6.45) is 2.75. The van der Waals surface area contributed by atoms with Gasteiger partial charge < -0.3 is 14.5 Å². The van der Waals surface area contributed by atoms with Crippen molar-refractivity contribution in [3.8, 4) is 0 Å². The molecule has 1 N–H and O–H groups in total. The second-order valence-corrected chi connectivity index (χ2v) is 3.98. The van der Waals surface area contributed by atoms with E-state index in [0.29, 0.717) is 11.3 Å². The quantitative estimate of drug-likeness (QED) is 0.801. The van der Waals surface area contributed by atoms with Gasteiger partial charge >= 0.3 is 0 Å². The van der Waals surface area contributed by atoms with Gasteiger partial charge in [-0.05, 0) is 32.5 Å². The van der Waals surface area contributed by atoms with Crippen LogP contribution in [0.1, 0.15) is 26.5 Å². The van der Waals surface area contributed by atoms with Crippen molar-refractivity contribution in [3.05, 3.63) is 16.7 Å². The SMILES string of the molecule is CCc1c[nH]c(=S)n1CC(=O)N(CC)CC. The third-order valence-electron chi connectivity index (χ3n) is 2.73. The highest BCUT2D eigenvalue weighted by Gasteiger charge is 2.12. The lowest BCUT2D eigenvalue weighted by Crippen LogP contribution is -2.33.